The van der Waals surface area contributed by atoms with E-state index in [1.54, 1.807) is 6.92 Å². The van der Waals surface area contributed by atoms with Crippen LogP contribution in [0.25, 0.3) is 0 Å². The van der Waals surface area contributed by atoms with Crippen LogP contribution in [0.5, 0.6) is 0 Å². The minimum Gasteiger partial charge on any atom is -0.348 e. The third kappa shape index (κ3) is 4.00. The van der Waals surface area contributed by atoms with Gasteiger partial charge in [-0.1, -0.05) is 13.3 Å². The van der Waals surface area contributed by atoms with Gasteiger partial charge in [0.2, 0.25) is 5.91 Å². The summed E-state index contributed by atoms with van der Waals surface area (Å²) in [6.45, 7) is 4.60. The molecule has 5 heteroatoms. The van der Waals surface area contributed by atoms with Crippen LogP contribution in [0.1, 0.15) is 44.7 Å². The Morgan fingerprint density at radius 3 is 2.95 bits per heavy atom. The van der Waals surface area contributed by atoms with E-state index >= 15 is 0 Å². The number of carbonyl (C=O) groups is 1. The van der Waals surface area contributed by atoms with E-state index in [0.29, 0.717) is 5.92 Å². The number of hydrogen-bond acceptors (Lipinski definition) is 2. The summed E-state index contributed by atoms with van der Waals surface area (Å²) in [6.07, 6.45) is 2.93. The molecule has 1 saturated heterocycles. The number of rotatable bonds is 4. The van der Waals surface area contributed by atoms with Crippen molar-refractivity contribution >= 4 is 5.91 Å². The van der Waals surface area contributed by atoms with Gasteiger partial charge >= 0.3 is 0 Å². The largest absolute Gasteiger partial charge is 0.348 e. The molecule has 3 unspecified atom stereocenters. The maximum Gasteiger partial charge on any atom is 0.237 e. The summed E-state index contributed by atoms with van der Waals surface area (Å²) in [4.78, 5) is 12.2. The fourth-order valence-corrected chi connectivity index (χ4v) is 2.80. The predicted molar refractivity (Wildman–Crippen MR) is 77.7 cm³/mol. The van der Waals surface area contributed by atoms with Crippen LogP contribution in [0.4, 0.5) is 8.78 Å². The Labute approximate surface area is 124 Å². The second-order valence-electron chi connectivity index (χ2n) is 5.70. The summed E-state index contributed by atoms with van der Waals surface area (Å²) >= 11 is 0. The second kappa shape index (κ2) is 6.98. The van der Waals surface area contributed by atoms with Crippen molar-refractivity contribution in [2.45, 2.75) is 45.2 Å². The molecule has 0 aliphatic carbocycles. The van der Waals surface area contributed by atoms with E-state index in [1.165, 1.54) is 0 Å². The number of amides is 1. The Hall–Kier alpha value is -1.49. The van der Waals surface area contributed by atoms with Gasteiger partial charge in [-0.2, -0.15) is 0 Å². The molecule has 1 fully saturated rings. The van der Waals surface area contributed by atoms with Gasteiger partial charge in [0.25, 0.3) is 0 Å². The Morgan fingerprint density at radius 2 is 2.24 bits per heavy atom. The van der Waals surface area contributed by atoms with E-state index < -0.39 is 17.7 Å². The highest BCUT2D eigenvalue weighted by Crippen LogP contribution is 2.21. The van der Waals surface area contributed by atoms with Gasteiger partial charge in [0.05, 0.1) is 12.1 Å². The lowest BCUT2D eigenvalue weighted by Crippen LogP contribution is -2.49. The van der Waals surface area contributed by atoms with Crippen LogP contribution in [0.3, 0.4) is 0 Å². The molecular weight excluding hydrogens is 274 g/mol. The number of benzene rings is 1. The summed E-state index contributed by atoms with van der Waals surface area (Å²) in [5, 5.41) is 5.96. The van der Waals surface area contributed by atoms with Crippen LogP contribution in [-0.2, 0) is 4.79 Å². The summed E-state index contributed by atoms with van der Waals surface area (Å²) in [7, 11) is 0. The van der Waals surface area contributed by atoms with Gasteiger partial charge in [-0.3, -0.25) is 4.79 Å². The molecule has 0 saturated carbocycles. The van der Waals surface area contributed by atoms with Crippen molar-refractivity contribution in [1.29, 1.82) is 0 Å². The van der Waals surface area contributed by atoms with E-state index in [-0.39, 0.29) is 17.5 Å². The van der Waals surface area contributed by atoms with Crippen molar-refractivity contribution in [3.8, 4) is 0 Å². The first kappa shape index (κ1) is 15.9. The Bertz CT molecular complexity index is 507. The quantitative estimate of drug-likeness (QED) is 0.897. The molecule has 0 aromatic heterocycles. The second-order valence-corrected chi connectivity index (χ2v) is 5.70. The molecule has 2 N–H and O–H groups in total. The van der Waals surface area contributed by atoms with Crippen molar-refractivity contribution in [2.24, 2.45) is 5.92 Å². The normalized spacial score (nSPS) is 23.6. The number of carbonyl (C=O) groups excluding carboxylic acids is 1. The third-order valence-corrected chi connectivity index (χ3v) is 4.19. The topological polar surface area (TPSA) is 41.1 Å². The number of halogens is 2. The van der Waals surface area contributed by atoms with Crippen molar-refractivity contribution < 1.29 is 13.6 Å². The van der Waals surface area contributed by atoms with Crippen LogP contribution in [0.15, 0.2) is 18.2 Å². The first-order valence-corrected chi connectivity index (χ1v) is 7.50. The number of hydrogen-bond donors (Lipinski definition) is 2. The van der Waals surface area contributed by atoms with Crippen molar-refractivity contribution in [3.05, 3.63) is 35.4 Å². The first-order chi connectivity index (χ1) is 10.0. The molecule has 1 aliphatic heterocycles. The zero-order chi connectivity index (χ0) is 15.4. The van der Waals surface area contributed by atoms with Crippen LogP contribution in [-0.4, -0.2) is 18.5 Å². The molecule has 3 atom stereocenters. The minimum absolute atomic E-state index is 0.149. The lowest BCUT2D eigenvalue weighted by Gasteiger charge is -2.30. The molecule has 1 heterocycles. The van der Waals surface area contributed by atoms with E-state index in [9.17, 15) is 13.6 Å². The lowest BCUT2D eigenvalue weighted by atomic mass is 9.90. The maximum absolute atomic E-state index is 13.7. The molecule has 2 rings (SSSR count). The molecule has 1 amide bonds. The van der Waals surface area contributed by atoms with Crippen LogP contribution < -0.4 is 10.6 Å². The summed E-state index contributed by atoms with van der Waals surface area (Å²) in [5.41, 5.74) is 0.172. The smallest absolute Gasteiger partial charge is 0.237 e. The van der Waals surface area contributed by atoms with Crippen LogP contribution in [0.2, 0.25) is 0 Å². The minimum atomic E-state index is -0.558. The molecule has 1 aromatic carbocycles. The highest BCUT2D eigenvalue weighted by molar-refractivity contribution is 5.82. The highest BCUT2D eigenvalue weighted by Gasteiger charge is 2.27. The lowest BCUT2D eigenvalue weighted by molar-refractivity contribution is -0.124. The third-order valence-electron chi connectivity index (χ3n) is 4.19. The van der Waals surface area contributed by atoms with E-state index in [2.05, 4.69) is 17.6 Å². The molecule has 0 radical (unpaired) electrons. The van der Waals surface area contributed by atoms with Gasteiger partial charge in [0.15, 0.2) is 0 Å². The number of nitrogens with one attached hydrogen (secondary N) is 2. The monoisotopic (exact) mass is 296 g/mol. The standard InChI is InChI=1S/C16H22F2N2O/c1-3-11-6-7-19-15(8-11)16(21)20-10(2)13-9-12(17)4-5-14(13)18/h4-5,9-11,15,19H,3,6-8H2,1-2H3,(H,20,21). The first-order valence-electron chi connectivity index (χ1n) is 7.50. The van der Waals surface area contributed by atoms with Crippen LogP contribution >= 0.6 is 0 Å². The molecule has 0 bridgehead atoms. The van der Waals surface area contributed by atoms with E-state index in [4.69, 9.17) is 0 Å². The molecule has 3 nitrogen and oxygen atoms in total. The fraction of sp³-hybridized carbons (Fsp3) is 0.562. The molecule has 21 heavy (non-hydrogen) atoms. The zero-order valence-corrected chi connectivity index (χ0v) is 12.5. The van der Waals surface area contributed by atoms with Gasteiger partial charge in [0.1, 0.15) is 11.6 Å². The van der Waals surface area contributed by atoms with Crippen LogP contribution in [0, 0.1) is 17.6 Å². The number of piperidine rings is 1. The predicted octanol–water partition coefficient (Wildman–Crippen LogP) is 2.92. The summed E-state index contributed by atoms with van der Waals surface area (Å²) in [6, 6.07) is 2.48. The Balaban J connectivity index is 2.00. The average molecular weight is 296 g/mol. The van der Waals surface area contributed by atoms with Gasteiger partial charge in [-0.05, 0) is 50.4 Å². The van der Waals surface area contributed by atoms with Gasteiger partial charge in [0, 0.05) is 5.56 Å². The SMILES string of the molecule is CCC1CCNC(C(=O)NC(C)c2cc(F)ccc2F)C1. The Morgan fingerprint density at radius 1 is 1.48 bits per heavy atom. The molecule has 0 spiro atoms. The molecule has 116 valence electrons. The molecule has 1 aromatic rings. The van der Waals surface area contributed by atoms with Gasteiger partial charge < -0.3 is 10.6 Å². The maximum atomic E-state index is 13.7. The van der Waals surface area contributed by atoms with Crippen molar-refractivity contribution in [1.82, 2.24) is 10.6 Å². The highest BCUT2D eigenvalue weighted by atomic mass is 19.1. The van der Waals surface area contributed by atoms with Crippen molar-refractivity contribution in [3.63, 3.8) is 0 Å². The van der Waals surface area contributed by atoms with Crippen molar-refractivity contribution in [2.75, 3.05) is 6.54 Å². The fourth-order valence-electron chi connectivity index (χ4n) is 2.80. The van der Waals surface area contributed by atoms with E-state index in [1.807, 2.05) is 0 Å². The average Bonchev–Trinajstić information content (AvgIpc) is 2.49. The Kier molecular flexibility index (Phi) is 5.28. The molecular formula is C16H22F2N2O. The summed E-state index contributed by atoms with van der Waals surface area (Å²) in [5.74, 6) is -0.617. The van der Waals surface area contributed by atoms with Gasteiger partial charge in [-0.25, -0.2) is 8.78 Å². The van der Waals surface area contributed by atoms with E-state index in [0.717, 1.165) is 44.0 Å². The zero-order valence-electron chi connectivity index (χ0n) is 12.5. The molecule has 1 aliphatic rings. The summed E-state index contributed by atoms with van der Waals surface area (Å²) < 4.78 is 26.9. The van der Waals surface area contributed by atoms with Gasteiger partial charge in [-0.15, -0.1) is 0 Å².